The third kappa shape index (κ3) is 3.07. The van der Waals surface area contributed by atoms with Gasteiger partial charge in [0.1, 0.15) is 0 Å². The molecule has 0 aliphatic rings. The predicted molar refractivity (Wildman–Crippen MR) is 96.2 cm³/mol. The van der Waals surface area contributed by atoms with E-state index in [-0.39, 0.29) is 20.8 Å². The molecule has 1 nitrogen and oxygen atoms in total. The van der Waals surface area contributed by atoms with Gasteiger partial charge in [-0.2, -0.15) is 0 Å². The van der Waals surface area contributed by atoms with Crippen molar-refractivity contribution in [2.75, 3.05) is 4.90 Å². The fourth-order valence-electron chi connectivity index (χ4n) is 1.75. The van der Waals surface area contributed by atoms with Gasteiger partial charge in [-0.15, -0.1) is 0 Å². The van der Waals surface area contributed by atoms with Crippen LogP contribution in [0.4, 0.5) is 17.1 Å². The van der Waals surface area contributed by atoms with Crippen LogP contribution < -0.4 is 4.90 Å². The second-order valence-corrected chi connectivity index (χ2v) is 5.20. The second-order valence-electron chi connectivity index (χ2n) is 4.01. The molecule has 0 N–H and O–H groups in total. The van der Waals surface area contributed by atoms with Crippen LogP contribution in [0.2, 0.25) is 15.1 Å². The van der Waals surface area contributed by atoms with Crippen LogP contribution in [-0.2, 0) is 0 Å². The first-order valence-electron chi connectivity index (χ1n) is 10.9. The average Bonchev–Trinajstić information content (AvgIpc) is 2.75. The quantitative estimate of drug-likeness (QED) is 0.451. The molecule has 0 radical (unpaired) electrons. The summed E-state index contributed by atoms with van der Waals surface area (Å²) in [6.07, 6.45) is 0. The van der Waals surface area contributed by atoms with E-state index in [9.17, 15) is 0 Å². The van der Waals surface area contributed by atoms with Crippen molar-refractivity contribution in [2.24, 2.45) is 0 Å². The van der Waals surface area contributed by atoms with Crippen molar-refractivity contribution in [1.82, 2.24) is 0 Å². The van der Waals surface area contributed by atoms with Gasteiger partial charge >= 0.3 is 0 Å². The Morgan fingerprint density at radius 3 is 1.45 bits per heavy atom. The van der Waals surface area contributed by atoms with Crippen LogP contribution in [-0.4, -0.2) is 0 Å². The van der Waals surface area contributed by atoms with E-state index in [1.807, 2.05) is 0 Å². The van der Waals surface area contributed by atoms with E-state index >= 15 is 0 Å². The van der Waals surface area contributed by atoms with Gasteiger partial charge in [0.2, 0.25) is 0 Å². The highest BCUT2D eigenvalue weighted by molar-refractivity contribution is 6.48. The van der Waals surface area contributed by atoms with Crippen molar-refractivity contribution in [2.45, 2.75) is 0 Å². The molecule has 0 saturated carbocycles. The Hall–Kier alpha value is -1.67. The summed E-state index contributed by atoms with van der Waals surface area (Å²) in [5, 5.41) is -0.128. The lowest BCUT2D eigenvalue weighted by Gasteiger charge is -2.26. The molecule has 0 unspecified atom stereocenters. The van der Waals surface area contributed by atoms with Crippen LogP contribution >= 0.6 is 34.8 Å². The molecular formula is C18H12Cl3N. The van der Waals surface area contributed by atoms with E-state index in [0.717, 1.165) is 4.90 Å². The Labute approximate surface area is 158 Å². The number of para-hydroxylation sites is 2. The van der Waals surface area contributed by atoms with Gasteiger partial charge in [0.25, 0.3) is 0 Å². The zero-order valence-electron chi connectivity index (χ0n) is 20.7. The number of halogens is 3. The van der Waals surface area contributed by atoms with E-state index < -0.39 is 71.8 Å². The molecule has 3 aromatic carbocycles. The minimum Gasteiger partial charge on any atom is -0.310 e. The fraction of sp³-hybridized carbons (Fsp3) is 0. The SMILES string of the molecule is [2H]c1c([2H])c([2H])c(N(c2cc(Cl)c(Cl)c(Cl)c2)c2c([2H])c([2H])c([2H])c([2H])c2[2H])c([2H])c1[2H]. The third-order valence-corrected chi connectivity index (χ3v) is 3.84. The number of hydrogen-bond acceptors (Lipinski definition) is 1. The van der Waals surface area contributed by atoms with Gasteiger partial charge in [0.05, 0.1) is 28.8 Å². The van der Waals surface area contributed by atoms with Crippen LogP contribution in [0.15, 0.2) is 72.6 Å². The summed E-state index contributed by atoms with van der Waals surface area (Å²) in [4.78, 5) is 0.939. The molecule has 0 fully saturated rings. The molecule has 0 aromatic heterocycles. The van der Waals surface area contributed by atoms with Gasteiger partial charge in [-0.25, -0.2) is 0 Å². The van der Waals surface area contributed by atoms with E-state index in [2.05, 4.69) is 0 Å². The third-order valence-electron chi connectivity index (χ3n) is 2.65. The molecule has 4 heteroatoms. The number of rotatable bonds is 3. The standard InChI is InChI=1S/C18H12Cl3N/c19-16-11-15(12-17(20)18(16)21)22(13-7-3-1-4-8-13)14-9-5-2-6-10-14/h1-12H/i1D,2D,3D,4D,5D,6D,7D,8D,9D,10D. The van der Waals surface area contributed by atoms with Gasteiger partial charge < -0.3 is 4.90 Å². The maximum absolute atomic E-state index is 8.35. The van der Waals surface area contributed by atoms with Crippen molar-refractivity contribution >= 4 is 51.9 Å². The summed E-state index contributed by atoms with van der Waals surface area (Å²) in [7, 11) is 0. The van der Waals surface area contributed by atoms with E-state index in [1.165, 1.54) is 12.1 Å². The molecule has 0 atom stereocenters. The predicted octanol–water partition coefficient (Wildman–Crippen LogP) is 7.12. The highest BCUT2D eigenvalue weighted by atomic mass is 35.5. The lowest BCUT2D eigenvalue weighted by Crippen LogP contribution is -2.09. The molecule has 0 aliphatic carbocycles. The average molecular weight is 359 g/mol. The smallest absolute Gasteiger partial charge is 0.0780 e. The normalized spacial score (nSPS) is 16.9. The van der Waals surface area contributed by atoms with Crippen molar-refractivity contribution in [3.63, 3.8) is 0 Å². The summed E-state index contributed by atoms with van der Waals surface area (Å²) in [6, 6.07) is -4.17. The molecular weight excluding hydrogens is 337 g/mol. The monoisotopic (exact) mass is 357 g/mol. The van der Waals surface area contributed by atoms with Crippen LogP contribution in [0.25, 0.3) is 0 Å². The molecule has 0 aliphatic heterocycles. The fourth-order valence-corrected chi connectivity index (χ4v) is 2.34. The summed E-state index contributed by atoms with van der Waals surface area (Å²) >= 11 is 18.3. The lowest BCUT2D eigenvalue weighted by atomic mass is 10.2. The Morgan fingerprint density at radius 1 is 0.636 bits per heavy atom. The molecule has 0 amide bonds. The Balaban J connectivity index is 2.56. The van der Waals surface area contributed by atoms with Crippen molar-refractivity contribution in [3.05, 3.63) is 87.6 Å². The van der Waals surface area contributed by atoms with Crippen LogP contribution in [0.3, 0.4) is 0 Å². The van der Waals surface area contributed by atoms with Crippen molar-refractivity contribution in [1.29, 1.82) is 0 Å². The highest BCUT2D eigenvalue weighted by Crippen LogP contribution is 2.40. The molecule has 0 heterocycles. The van der Waals surface area contributed by atoms with Crippen molar-refractivity contribution < 1.29 is 13.7 Å². The van der Waals surface area contributed by atoms with E-state index in [4.69, 9.17) is 48.5 Å². The highest BCUT2D eigenvalue weighted by Gasteiger charge is 2.15. The Morgan fingerprint density at radius 2 is 1.05 bits per heavy atom. The minimum atomic E-state index is -0.676. The minimum absolute atomic E-state index is 0.0147. The van der Waals surface area contributed by atoms with Crippen LogP contribution in [0.5, 0.6) is 0 Å². The molecule has 0 bridgehead atoms. The molecule has 3 aromatic rings. The van der Waals surface area contributed by atoms with Crippen LogP contribution in [0, 0.1) is 0 Å². The maximum atomic E-state index is 8.35. The molecule has 22 heavy (non-hydrogen) atoms. The molecule has 0 saturated heterocycles. The lowest BCUT2D eigenvalue weighted by molar-refractivity contribution is 1.28. The van der Waals surface area contributed by atoms with Gasteiger partial charge in [-0.1, -0.05) is 71.1 Å². The zero-order chi connectivity index (χ0) is 24.2. The molecule has 110 valence electrons. The summed E-state index contributed by atoms with van der Waals surface area (Å²) in [6.45, 7) is 0. The maximum Gasteiger partial charge on any atom is 0.0780 e. The van der Waals surface area contributed by atoms with E-state index in [1.54, 1.807) is 0 Å². The second kappa shape index (κ2) is 6.62. The van der Waals surface area contributed by atoms with Gasteiger partial charge in [0.15, 0.2) is 0 Å². The Bertz CT molecular complexity index is 1130. The first-order valence-corrected chi connectivity index (χ1v) is 7.03. The zero-order valence-corrected chi connectivity index (χ0v) is 13.0. The first-order chi connectivity index (χ1) is 14.8. The van der Waals surface area contributed by atoms with Crippen molar-refractivity contribution in [3.8, 4) is 0 Å². The topological polar surface area (TPSA) is 3.24 Å². The van der Waals surface area contributed by atoms with Gasteiger partial charge in [-0.3, -0.25) is 0 Å². The largest absolute Gasteiger partial charge is 0.310 e. The van der Waals surface area contributed by atoms with E-state index in [0.29, 0.717) is 0 Å². The number of anilines is 3. The first kappa shape index (κ1) is 7.27. The van der Waals surface area contributed by atoms with Gasteiger partial charge in [0, 0.05) is 17.1 Å². The Kier molecular flexibility index (Phi) is 2.19. The number of hydrogen-bond donors (Lipinski definition) is 0. The van der Waals surface area contributed by atoms with Gasteiger partial charge in [-0.05, 0) is 36.3 Å². The number of nitrogens with zero attached hydrogens (tertiary/aromatic N) is 1. The summed E-state index contributed by atoms with van der Waals surface area (Å²) < 4.78 is 81.0. The van der Waals surface area contributed by atoms with Crippen LogP contribution in [0.1, 0.15) is 13.7 Å². The molecule has 0 spiro atoms. The molecule has 3 rings (SSSR count). The summed E-state index contributed by atoms with van der Waals surface area (Å²) in [5.74, 6) is 0. The number of benzene rings is 3. The summed E-state index contributed by atoms with van der Waals surface area (Å²) in [5.41, 5.74) is -0.936.